The van der Waals surface area contributed by atoms with Gasteiger partial charge in [0.05, 0.1) is 0 Å². The Balaban J connectivity index is 0.000000194. The van der Waals surface area contributed by atoms with E-state index in [9.17, 15) is 10.2 Å². The number of halogens is 2. The van der Waals surface area contributed by atoms with Crippen molar-refractivity contribution in [2.24, 2.45) is 0 Å². The van der Waals surface area contributed by atoms with Gasteiger partial charge in [0.25, 0.3) is 6.47 Å². The normalized spacial score (nSPS) is 10.7. The molecule has 7 nitrogen and oxygen atoms in total. The molecule has 0 amide bonds. The smallest absolute Gasteiger partial charge is 1.00 e. The summed E-state index contributed by atoms with van der Waals surface area (Å²) in [7, 11) is 0. The molecule has 16 rings (SSSR count). The van der Waals surface area contributed by atoms with Crippen LogP contribution >= 0.6 is 0 Å². The van der Waals surface area contributed by atoms with Crippen LogP contribution in [-0.4, -0.2) is 16.7 Å². The van der Waals surface area contributed by atoms with E-state index in [-0.39, 0.29) is 152 Å². The minimum Gasteiger partial charge on any atom is -1.00 e. The van der Waals surface area contributed by atoms with Crippen molar-refractivity contribution in [3.8, 4) is 123 Å². The quantitative estimate of drug-likeness (QED) is 0.0573. The van der Waals surface area contributed by atoms with Crippen LogP contribution in [0.4, 0.5) is 8.78 Å². The van der Waals surface area contributed by atoms with Crippen LogP contribution in [0.15, 0.2) is 324 Å². The number of carbonyl (C=O) groups is 1. The third kappa shape index (κ3) is 14.5. The maximum atomic E-state index is 15.8. The monoisotopic (exact) mass is 1320 g/mol. The van der Waals surface area contributed by atoms with Crippen LogP contribution in [0, 0.1) is 11.6 Å². The van der Waals surface area contributed by atoms with Crippen molar-refractivity contribution in [1.82, 2.24) is 0 Å². The molecule has 0 aliphatic carbocycles. The van der Waals surface area contributed by atoms with E-state index < -0.39 is 11.6 Å². The van der Waals surface area contributed by atoms with E-state index in [0.29, 0.717) is 11.1 Å². The van der Waals surface area contributed by atoms with Crippen LogP contribution < -0.4 is 108 Å². The Hall–Kier alpha value is -9.16. The number of para-hydroxylation sites is 4. The van der Waals surface area contributed by atoms with E-state index in [1.165, 1.54) is 22.3 Å². The molecule has 2 heterocycles. The van der Waals surface area contributed by atoms with Gasteiger partial charge in [0, 0.05) is 66.1 Å². The molecule has 0 saturated heterocycles. The van der Waals surface area contributed by atoms with Gasteiger partial charge in [0.2, 0.25) is 0 Å². The first-order valence-corrected chi connectivity index (χ1v) is 30.5. The van der Waals surface area contributed by atoms with Crippen molar-refractivity contribution in [2.45, 2.75) is 7.43 Å². The van der Waals surface area contributed by atoms with Crippen LogP contribution in [0.25, 0.3) is 155 Å². The fourth-order valence-corrected chi connectivity index (χ4v) is 12.5. The van der Waals surface area contributed by atoms with Gasteiger partial charge in [-0.1, -0.05) is 274 Å². The summed E-state index contributed by atoms with van der Waals surface area (Å²) in [5, 5.41) is 35.4. The number of benzene rings is 14. The second kappa shape index (κ2) is 31.4. The van der Waals surface area contributed by atoms with Gasteiger partial charge >= 0.3 is 103 Å². The third-order valence-corrected chi connectivity index (χ3v) is 17.0. The SMILES string of the molecule is C.O=CO[O-].Oc1c(-c2cccc(-c3ccccc3)c2)cccc1-c1cc(F)c(-c2cccc(-c3cccc(-c4ccccc4)c3)c2O)cc1F.[H-].[K+].[K+].c1ccc(-c2cccc(-c3cccc4c3oc3cc5c(cc34)oc3c(-c4cccc(-c6ccccc6)c4)cccc35)c2)cc1. The van der Waals surface area contributed by atoms with Crippen molar-refractivity contribution in [1.29, 1.82) is 0 Å². The molecule has 0 bridgehead atoms. The van der Waals surface area contributed by atoms with Crippen LogP contribution in [0.3, 0.4) is 0 Å². The molecule has 0 unspecified atom stereocenters. The summed E-state index contributed by atoms with van der Waals surface area (Å²) < 4.78 is 45.0. The molecule has 0 aliphatic heterocycles. The Labute approximate surface area is 646 Å². The molecule has 97 heavy (non-hydrogen) atoms. The average molecular weight is 1320 g/mol. The van der Waals surface area contributed by atoms with Crippen LogP contribution in [0.5, 0.6) is 11.5 Å². The minimum atomic E-state index is -0.724. The first-order chi connectivity index (χ1) is 46.2. The summed E-state index contributed by atoms with van der Waals surface area (Å²) in [5.74, 6) is -1.75. The summed E-state index contributed by atoms with van der Waals surface area (Å²) in [6.07, 6.45) is 0. The first-order valence-electron chi connectivity index (χ1n) is 30.5. The summed E-state index contributed by atoms with van der Waals surface area (Å²) in [5.41, 5.74) is 19.4. The number of carbonyl (C=O) groups excluding carboxylic acids is 1. The van der Waals surface area contributed by atoms with Gasteiger partial charge in [-0.05, 0) is 115 Å². The number of hydrogen-bond donors (Lipinski definition) is 2. The maximum absolute atomic E-state index is 15.8. The van der Waals surface area contributed by atoms with Crippen molar-refractivity contribution in [2.75, 3.05) is 0 Å². The minimum absolute atomic E-state index is 0. The molecule has 0 radical (unpaired) electrons. The van der Waals surface area contributed by atoms with Gasteiger partial charge in [-0.3, -0.25) is 4.79 Å². The fourth-order valence-electron chi connectivity index (χ4n) is 12.5. The van der Waals surface area contributed by atoms with Gasteiger partial charge in [-0.25, -0.2) is 8.78 Å². The Bertz CT molecular complexity index is 5120. The standard InChI is InChI=1S/C42H28F2O2.C42H26O2.CH2O3.CH4.2K.H/c43-39-26-38(36-22-10-20-34(42(36)46)32-18-8-16-30(24-32)28-13-5-2-6-14-28)40(44)25-37(39)35-21-9-19-33(41(35)45)31-17-7-15-29(23-31)27-11-3-1-4-12-27;1-3-11-27(12-4-1)29-15-7-17-31(23-29)33-19-9-21-35-37-25-40-38(26-39(37)43-41(33)35)36-22-10-20-34(42(36)44-40)32-18-8-16-30(24-32)28-13-5-2-6-14-28;2-1-4-3;;;;/h1-26,45-46H;1-26H;1,3H;1H4;;;/q;;;;2*+1;-1/p-1. The first kappa shape index (κ1) is 69.2. The molecule has 2 N–H and O–H groups in total. The molecule has 14 aromatic carbocycles. The van der Waals surface area contributed by atoms with E-state index in [0.717, 1.165) is 112 Å². The molecule has 0 aliphatic rings. The Kier molecular flexibility index (Phi) is 22.4. The Morgan fingerprint density at radius 2 is 0.546 bits per heavy atom. The second-order valence-corrected chi connectivity index (χ2v) is 22.6. The fraction of sp³-hybridized carbons (Fsp3) is 0.0116. The van der Waals surface area contributed by atoms with Crippen molar-refractivity contribution < 1.29 is 147 Å². The molecule has 0 spiro atoms. The zero-order valence-electron chi connectivity index (χ0n) is 53.3. The van der Waals surface area contributed by atoms with Crippen molar-refractivity contribution in [3.63, 3.8) is 0 Å². The Morgan fingerprint density at radius 3 is 0.856 bits per heavy atom. The predicted octanol–water partition coefficient (Wildman–Crippen LogP) is 16.7. The zero-order chi connectivity index (χ0) is 64.1. The number of aromatic hydroxyl groups is 2. The number of furan rings is 2. The van der Waals surface area contributed by atoms with Crippen LogP contribution in [0.2, 0.25) is 0 Å². The molecular weight excluding hydrogens is 1260 g/mol. The summed E-state index contributed by atoms with van der Waals surface area (Å²) >= 11 is 0. The Morgan fingerprint density at radius 1 is 0.299 bits per heavy atom. The zero-order valence-corrected chi connectivity index (χ0v) is 58.5. The number of hydrogen-bond acceptors (Lipinski definition) is 7. The number of fused-ring (bicyclic) bond motifs is 6. The predicted molar refractivity (Wildman–Crippen MR) is 380 cm³/mol. The van der Waals surface area contributed by atoms with E-state index in [1.54, 1.807) is 36.4 Å². The molecule has 462 valence electrons. The van der Waals surface area contributed by atoms with Crippen molar-refractivity contribution in [3.05, 3.63) is 327 Å². The maximum Gasteiger partial charge on any atom is 1.00 e. The van der Waals surface area contributed by atoms with Gasteiger partial charge in [-0.15, -0.1) is 0 Å². The summed E-state index contributed by atoms with van der Waals surface area (Å²) in [6, 6.07) is 103. The third-order valence-electron chi connectivity index (χ3n) is 17.0. The number of phenols is 2. The molecule has 0 fully saturated rings. The van der Waals surface area contributed by atoms with Crippen LogP contribution in [-0.2, 0) is 9.68 Å². The van der Waals surface area contributed by atoms with Gasteiger partial charge in [0.1, 0.15) is 45.5 Å². The van der Waals surface area contributed by atoms with Gasteiger partial charge < -0.3 is 30.6 Å². The topological polar surface area (TPSA) is 116 Å². The summed E-state index contributed by atoms with van der Waals surface area (Å²) in [6.45, 7) is -0.181. The molecule has 0 atom stereocenters. The molecule has 11 heteroatoms. The second-order valence-electron chi connectivity index (χ2n) is 22.6. The van der Waals surface area contributed by atoms with E-state index in [2.05, 4.69) is 150 Å². The largest absolute Gasteiger partial charge is 1.00 e. The average Bonchev–Trinajstić information content (AvgIpc) is 1.56. The molecule has 2 aromatic heterocycles. The molecule has 0 saturated carbocycles. The van der Waals surface area contributed by atoms with Crippen LogP contribution in [0.1, 0.15) is 8.85 Å². The number of phenolic OH excluding ortho intramolecular Hbond substituents is 2. The van der Waals surface area contributed by atoms with Crippen molar-refractivity contribution >= 4 is 50.3 Å². The summed E-state index contributed by atoms with van der Waals surface area (Å²) in [4.78, 5) is 11.2. The van der Waals surface area contributed by atoms with E-state index in [4.69, 9.17) is 18.9 Å². The van der Waals surface area contributed by atoms with Gasteiger partial charge in [0.15, 0.2) is 0 Å². The molecule has 16 aromatic rings. The van der Waals surface area contributed by atoms with E-state index in [1.807, 2.05) is 121 Å². The number of rotatable bonds is 11. The molecular formula is C86H60F2K2O7. The van der Waals surface area contributed by atoms with Gasteiger partial charge in [-0.2, -0.15) is 0 Å². The van der Waals surface area contributed by atoms with E-state index >= 15 is 8.78 Å².